The van der Waals surface area contributed by atoms with Gasteiger partial charge in [0, 0.05) is 35.9 Å². The van der Waals surface area contributed by atoms with Gasteiger partial charge < -0.3 is 14.8 Å². The summed E-state index contributed by atoms with van der Waals surface area (Å²) < 4.78 is 23.0. The van der Waals surface area contributed by atoms with E-state index in [-0.39, 0.29) is 5.25 Å². The average molecular weight is 233 g/mol. The quantitative estimate of drug-likeness (QED) is 0.742. The van der Waals surface area contributed by atoms with E-state index in [0.717, 1.165) is 19.3 Å². The van der Waals surface area contributed by atoms with Crippen LogP contribution < -0.4 is 5.32 Å². The minimum atomic E-state index is -0.826. The third-order valence-electron chi connectivity index (χ3n) is 3.41. The second kappa shape index (κ2) is 4.49. The van der Waals surface area contributed by atoms with Gasteiger partial charge in [0.15, 0.2) is 5.79 Å². The maximum atomic E-state index is 11.7. The Morgan fingerprint density at radius 3 is 2.60 bits per heavy atom. The third kappa shape index (κ3) is 2.25. The molecule has 1 heterocycles. The predicted molar refractivity (Wildman–Crippen MR) is 59.2 cm³/mol. The van der Waals surface area contributed by atoms with Crippen LogP contribution in [-0.2, 0) is 20.3 Å². The lowest BCUT2D eigenvalue weighted by atomic mass is 9.89. The summed E-state index contributed by atoms with van der Waals surface area (Å²) in [6.45, 7) is 1.35. The standard InChI is InChI=1S/C10H19NO3S/c1-11-8-3-4-10(13-5-6-14-10)7-9(8)15(2)12/h8-9,11H,3-7H2,1-2H3. The lowest BCUT2D eigenvalue weighted by Gasteiger charge is -2.40. The molecule has 0 aromatic carbocycles. The van der Waals surface area contributed by atoms with Crippen LogP contribution in [0.15, 0.2) is 0 Å². The van der Waals surface area contributed by atoms with Gasteiger partial charge in [-0.15, -0.1) is 0 Å². The maximum Gasteiger partial charge on any atom is 0.169 e. The van der Waals surface area contributed by atoms with Gasteiger partial charge in [0.2, 0.25) is 0 Å². The predicted octanol–water partition coefficient (Wildman–Crippen LogP) is 0.248. The molecule has 0 bridgehead atoms. The van der Waals surface area contributed by atoms with Crippen LogP contribution in [0.4, 0.5) is 0 Å². The molecule has 1 N–H and O–H groups in total. The first kappa shape index (κ1) is 11.5. The lowest BCUT2D eigenvalue weighted by Crippen LogP contribution is -2.51. The van der Waals surface area contributed by atoms with E-state index >= 15 is 0 Å². The van der Waals surface area contributed by atoms with Crippen LogP contribution in [0.5, 0.6) is 0 Å². The Kier molecular flexibility index (Phi) is 3.45. The van der Waals surface area contributed by atoms with Gasteiger partial charge in [-0.05, 0) is 13.5 Å². The number of hydrogen-bond acceptors (Lipinski definition) is 4. The van der Waals surface area contributed by atoms with Crippen molar-refractivity contribution < 1.29 is 13.7 Å². The van der Waals surface area contributed by atoms with Crippen LogP contribution in [0.2, 0.25) is 0 Å². The first-order valence-corrected chi connectivity index (χ1v) is 7.06. The third-order valence-corrected chi connectivity index (χ3v) is 4.76. The fourth-order valence-corrected chi connectivity index (χ4v) is 3.77. The number of ether oxygens (including phenoxy) is 2. The summed E-state index contributed by atoms with van der Waals surface area (Å²) in [6.07, 6.45) is 4.40. The molecule has 2 aliphatic rings. The van der Waals surface area contributed by atoms with Crippen LogP contribution in [0, 0.1) is 0 Å². The van der Waals surface area contributed by atoms with E-state index in [4.69, 9.17) is 9.47 Å². The minimum Gasteiger partial charge on any atom is -0.347 e. The van der Waals surface area contributed by atoms with Gasteiger partial charge in [-0.2, -0.15) is 0 Å². The summed E-state index contributed by atoms with van der Waals surface area (Å²) in [5, 5.41) is 3.38. The molecule has 88 valence electrons. The molecule has 0 radical (unpaired) electrons. The van der Waals surface area contributed by atoms with Gasteiger partial charge in [-0.25, -0.2) is 0 Å². The summed E-state index contributed by atoms with van der Waals surface area (Å²) in [7, 11) is 1.10. The summed E-state index contributed by atoms with van der Waals surface area (Å²) in [6, 6.07) is 0.328. The normalized spacial score (nSPS) is 36.9. The molecule has 2 rings (SSSR count). The molecule has 3 atom stereocenters. The molecule has 1 aliphatic carbocycles. The van der Waals surface area contributed by atoms with Crippen LogP contribution in [0.1, 0.15) is 19.3 Å². The van der Waals surface area contributed by atoms with Crippen LogP contribution in [0.3, 0.4) is 0 Å². The summed E-state index contributed by atoms with van der Waals surface area (Å²) in [5.41, 5.74) is 0. The van der Waals surface area contributed by atoms with E-state index in [1.54, 1.807) is 6.26 Å². The fourth-order valence-electron chi connectivity index (χ4n) is 2.55. The molecule has 1 saturated heterocycles. The maximum absolute atomic E-state index is 11.7. The van der Waals surface area contributed by atoms with Crippen LogP contribution in [0.25, 0.3) is 0 Å². The molecule has 0 aromatic rings. The van der Waals surface area contributed by atoms with Crippen molar-refractivity contribution in [3.63, 3.8) is 0 Å². The first-order chi connectivity index (χ1) is 7.17. The largest absolute Gasteiger partial charge is 0.347 e. The van der Waals surface area contributed by atoms with E-state index in [1.165, 1.54) is 0 Å². The monoisotopic (exact) mass is 233 g/mol. The molecule has 0 amide bonds. The second-order valence-corrected chi connectivity index (χ2v) is 5.89. The Hall–Kier alpha value is 0.0300. The van der Waals surface area contributed by atoms with Gasteiger partial charge in [-0.1, -0.05) is 0 Å². The number of nitrogens with one attached hydrogen (secondary N) is 1. The fraction of sp³-hybridized carbons (Fsp3) is 1.00. The molecule has 3 unspecified atom stereocenters. The lowest BCUT2D eigenvalue weighted by molar-refractivity contribution is -0.178. The molecular formula is C10H19NO3S. The molecule has 5 heteroatoms. The Morgan fingerprint density at radius 2 is 2.07 bits per heavy atom. The van der Waals surface area contributed by atoms with Crippen LogP contribution >= 0.6 is 0 Å². The number of hydrogen-bond donors (Lipinski definition) is 1. The zero-order valence-electron chi connectivity index (χ0n) is 9.32. The van der Waals surface area contributed by atoms with Crippen molar-refractivity contribution in [2.45, 2.75) is 36.3 Å². The Bertz CT molecular complexity index is 253. The summed E-state index contributed by atoms with van der Waals surface area (Å²) in [5.74, 6) is -0.427. The Labute approximate surface area is 93.2 Å². The molecule has 2 fully saturated rings. The smallest absolute Gasteiger partial charge is 0.169 e. The molecule has 0 aromatic heterocycles. The summed E-state index contributed by atoms with van der Waals surface area (Å²) >= 11 is 0. The van der Waals surface area contributed by atoms with Crippen molar-refractivity contribution in [3.05, 3.63) is 0 Å². The van der Waals surface area contributed by atoms with Crippen molar-refractivity contribution in [3.8, 4) is 0 Å². The average Bonchev–Trinajstić information content (AvgIpc) is 2.66. The first-order valence-electron chi connectivity index (χ1n) is 5.44. The molecule has 4 nitrogen and oxygen atoms in total. The van der Waals surface area contributed by atoms with E-state index in [2.05, 4.69) is 5.32 Å². The van der Waals surface area contributed by atoms with Gasteiger partial charge in [-0.3, -0.25) is 4.21 Å². The van der Waals surface area contributed by atoms with E-state index < -0.39 is 16.6 Å². The zero-order valence-corrected chi connectivity index (χ0v) is 10.1. The van der Waals surface area contributed by atoms with Crippen molar-refractivity contribution in [2.24, 2.45) is 0 Å². The Morgan fingerprint density at radius 1 is 1.40 bits per heavy atom. The van der Waals surface area contributed by atoms with Crippen molar-refractivity contribution in [2.75, 3.05) is 26.5 Å². The van der Waals surface area contributed by atoms with E-state index in [9.17, 15) is 4.21 Å². The highest BCUT2D eigenvalue weighted by molar-refractivity contribution is 7.85. The molecular weight excluding hydrogens is 214 g/mol. The topological polar surface area (TPSA) is 47.6 Å². The number of rotatable bonds is 2. The Balaban J connectivity index is 2.08. The van der Waals surface area contributed by atoms with Gasteiger partial charge in [0.05, 0.1) is 18.5 Å². The zero-order chi connectivity index (χ0) is 10.9. The van der Waals surface area contributed by atoms with Crippen molar-refractivity contribution in [1.29, 1.82) is 0 Å². The highest BCUT2D eigenvalue weighted by Gasteiger charge is 2.45. The van der Waals surface area contributed by atoms with Gasteiger partial charge in [0.1, 0.15) is 0 Å². The molecule has 15 heavy (non-hydrogen) atoms. The van der Waals surface area contributed by atoms with Gasteiger partial charge >= 0.3 is 0 Å². The highest BCUT2D eigenvalue weighted by atomic mass is 32.2. The molecule has 1 saturated carbocycles. The van der Waals surface area contributed by atoms with E-state index in [0.29, 0.717) is 19.3 Å². The minimum absolute atomic E-state index is 0.141. The SMILES string of the molecule is CNC1CCC2(CC1S(C)=O)OCCO2. The second-order valence-electron chi connectivity index (χ2n) is 4.28. The summed E-state index contributed by atoms with van der Waals surface area (Å²) in [4.78, 5) is 0. The van der Waals surface area contributed by atoms with Crippen molar-refractivity contribution in [1.82, 2.24) is 5.32 Å². The molecule has 1 spiro atoms. The van der Waals surface area contributed by atoms with E-state index in [1.807, 2.05) is 7.05 Å². The van der Waals surface area contributed by atoms with Crippen LogP contribution in [-0.4, -0.2) is 47.8 Å². The van der Waals surface area contributed by atoms with Gasteiger partial charge in [0.25, 0.3) is 0 Å². The highest BCUT2D eigenvalue weighted by Crippen LogP contribution is 2.37. The molecule has 1 aliphatic heterocycles. The van der Waals surface area contributed by atoms with Crippen molar-refractivity contribution >= 4 is 10.8 Å².